The SMILES string of the molecule is Cn1cc(-c2cc(=O)c3ccc(N)c([N+](=O)[O-])c3o2)cn1. The van der Waals surface area contributed by atoms with Crippen molar-refractivity contribution in [2.75, 3.05) is 5.73 Å². The fourth-order valence-corrected chi connectivity index (χ4v) is 2.10. The number of nitrogen functional groups attached to an aromatic ring is 1. The van der Waals surface area contributed by atoms with Gasteiger partial charge in [0.2, 0.25) is 5.58 Å². The van der Waals surface area contributed by atoms with Gasteiger partial charge in [-0.2, -0.15) is 5.10 Å². The first-order valence-corrected chi connectivity index (χ1v) is 5.97. The van der Waals surface area contributed by atoms with Crippen molar-refractivity contribution >= 4 is 22.3 Å². The minimum absolute atomic E-state index is 0.0565. The Balaban J connectivity index is 2.39. The largest absolute Gasteiger partial charge is 0.448 e. The van der Waals surface area contributed by atoms with Gasteiger partial charge in [-0.05, 0) is 12.1 Å². The number of hydrogen-bond acceptors (Lipinski definition) is 6. The van der Waals surface area contributed by atoms with Gasteiger partial charge in [0, 0.05) is 19.3 Å². The van der Waals surface area contributed by atoms with Crippen LogP contribution in [0.5, 0.6) is 0 Å². The van der Waals surface area contributed by atoms with Gasteiger partial charge in [-0.25, -0.2) is 0 Å². The fraction of sp³-hybridized carbons (Fsp3) is 0.0769. The number of nitro groups is 1. The molecule has 0 aliphatic heterocycles. The summed E-state index contributed by atoms with van der Waals surface area (Å²) in [6.45, 7) is 0. The van der Waals surface area contributed by atoms with E-state index >= 15 is 0 Å². The summed E-state index contributed by atoms with van der Waals surface area (Å²) in [6.07, 6.45) is 3.14. The van der Waals surface area contributed by atoms with Gasteiger partial charge in [0.1, 0.15) is 11.4 Å². The topological polar surface area (TPSA) is 117 Å². The molecule has 1 aromatic carbocycles. The quantitative estimate of drug-likeness (QED) is 0.435. The van der Waals surface area contributed by atoms with E-state index in [1.54, 1.807) is 13.2 Å². The van der Waals surface area contributed by atoms with Crippen LogP contribution in [-0.4, -0.2) is 14.7 Å². The second-order valence-corrected chi connectivity index (χ2v) is 4.51. The molecule has 0 unspecified atom stereocenters. The second kappa shape index (κ2) is 4.44. The lowest BCUT2D eigenvalue weighted by molar-refractivity contribution is -0.382. The van der Waals surface area contributed by atoms with E-state index in [-0.39, 0.29) is 27.8 Å². The third kappa shape index (κ3) is 2.02. The summed E-state index contributed by atoms with van der Waals surface area (Å²) in [4.78, 5) is 22.6. The Hall–Kier alpha value is -3.16. The highest BCUT2D eigenvalue weighted by Gasteiger charge is 2.21. The summed E-state index contributed by atoms with van der Waals surface area (Å²) in [5.74, 6) is 0.203. The molecule has 0 amide bonds. The number of anilines is 1. The molecule has 8 heteroatoms. The maximum absolute atomic E-state index is 12.1. The zero-order chi connectivity index (χ0) is 15.1. The average molecular weight is 286 g/mol. The van der Waals surface area contributed by atoms with E-state index in [4.69, 9.17) is 10.2 Å². The number of fused-ring (bicyclic) bond motifs is 1. The Morgan fingerprint density at radius 3 is 2.81 bits per heavy atom. The van der Waals surface area contributed by atoms with Crippen LogP contribution >= 0.6 is 0 Å². The Labute approximate surface area is 117 Å². The maximum Gasteiger partial charge on any atom is 0.334 e. The minimum Gasteiger partial charge on any atom is -0.448 e. The number of nitro benzene ring substituents is 1. The van der Waals surface area contributed by atoms with Crippen molar-refractivity contribution in [3.05, 3.63) is 50.9 Å². The lowest BCUT2D eigenvalue weighted by atomic mass is 10.1. The second-order valence-electron chi connectivity index (χ2n) is 4.51. The smallest absolute Gasteiger partial charge is 0.334 e. The molecule has 8 nitrogen and oxygen atoms in total. The first kappa shape index (κ1) is 12.9. The van der Waals surface area contributed by atoms with Crippen LogP contribution < -0.4 is 11.2 Å². The van der Waals surface area contributed by atoms with Gasteiger partial charge in [-0.1, -0.05) is 0 Å². The highest BCUT2D eigenvalue weighted by atomic mass is 16.6. The first-order valence-electron chi connectivity index (χ1n) is 5.97. The summed E-state index contributed by atoms with van der Waals surface area (Å²) in [6, 6.07) is 4.01. The molecule has 0 aliphatic carbocycles. The van der Waals surface area contributed by atoms with Crippen LogP contribution in [0, 0.1) is 10.1 Å². The minimum atomic E-state index is -0.659. The molecule has 106 valence electrons. The van der Waals surface area contributed by atoms with Crippen molar-refractivity contribution in [1.29, 1.82) is 0 Å². The number of aryl methyl sites for hydroxylation is 1. The number of nitrogens with zero attached hydrogens (tertiary/aromatic N) is 3. The Morgan fingerprint density at radius 2 is 2.19 bits per heavy atom. The van der Waals surface area contributed by atoms with Crippen LogP contribution in [0.4, 0.5) is 11.4 Å². The van der Waals surface area contributed by atoms with Gasteiger partial charge in [0.15, 0.2) is 5.43 Å². The summed E-state index contributed by atoms with van der Waals surface area (Å²) in [7, 11) is 1.71. The van der Waals surface area contributed by atoms with Gasteiger partial charge in [-0.15, -0.1) is 0 Å². The van der Waals surface area contributed by atoms with E-state index in [1.165, 1.54) is 29.1 Å². The van der Waals surface area contributed by atoms with Gasteiger partial charge < -0.3 is 10.2 Å². The molecule has 21 heavy (non-hydrogen) atoms. The van der Waals surface area contributed by atoms with Gasteiger partial charge in [0.25, 0.3) is 0 Å². The highest BCUT2D eigenvalue weighted by Crippen LogP contribution is 2.32. The van der Waals surface area contributed by atoms with Crippen LogP contribution in [0.3, 0.4) is 0 Å². The molecule has 2 aromatic heterocycles. The molecule has 0 bridgehead atoms. The summed E-state index contributed by atoms with van der Waals surface area (Å²) >= 11 is 0. The molecule has 0 atom stereocenters. The number of aromatic nitrogens is 2. The highest BCUT2D eigenvalue weighted by molar-refractivity contribution is 5.91. The van der Waals surface area contributed by atoms with E-state index in [9.17, 15) is 14.9 Å². The molecule has 3 aromatic rings. The molecule has 0 aliphatic rings. The molecule has 3 rings (SSSR count). The van der Waals surface area contributed by atoms with Gasteiger partial charge in [-0.3, -0.25) is 19.6 Å². The number of rotatable bonds is 2. The third-order valence-electron chi connectivity index (χ3n) is 3.07. The van der Waals surface area contributed by atoms with Crippen LogP contribution in [0.2, 0.25) is 0 Å². The molecular formula is C13H10N4O4. The predicted octanol–water partition coefficient (Wildman–Crippen LogP) is 1.68. The molecule has 2 heterocycles. The van der Waals surface area contributed by atoms with Crippen molar-refractivity contribution in [3.8, 4) is 11.3 Å². The maximum atomic E-state index is 12.1. The number of hydrogen-bond donors (Lipinski definition) is 1. The molecule has 0 saturated carbocycles. The summed E-state index contributed by atoms with van der Waals surface area (Å²) < 4.78 is 7.08. The van der Waals surface area contributed by atoms with E-state index < -0.39 is 10.6 Å². The number of nitrogens with two attached hydrogens (primary N) is 1. The molecular weight excluding hydrogens is 276 g/mol. The van der Waals surface area contributed by atoms with E-state index in [0.29, 0.717) is 5.56 Å². The van der Waals surface area contributed by atoms with Crippen LogP contribution in [0.1, 0.15) is 0 Å². The molecule has 0 spiro atoms. The van der Waals surface area contributed by atoms with Gasteiger partial charge >= 0.3 is 5.69 Å². The van der Waals surface area contributed by atoms with Crippen molar-refractivity contribution in [2.24, 2.45) is 7.05 Å². The van der Waals surface area contributed by atoms with Gasteiger partial charge in [0.05, 0.1) is 22.1 Å². The lowest BCUT2D eigenvalue weighted by Crippen LogP contribution is -2.04. The van der Waals surface area contributed by atoms with E-state index in [2.05, 4.69) is 5.10 Å². The van der Waals surface area contributed by atoms with Crippen molar-refractivity contribution in [3.63, 3.8) is 0 Å². The standard InChI is InChI=1S/C13H10N4O4/c1-16-6-7(5-15-16)11-4-10(18)8-2-3-9(14)12(17(19)20)13(8)21-11/h2-6H,14H2,1H3. The fourth-order valence-electron chi connectivity index (χ4n) is 2.10. The lowest BCUT2D eigenvalue weighted by Gasteiger charge is -2.03. The monoisotopic (exact) mass is 286 g/mol. The normalized spacial score (nSPS) is 10.9. The van der Waals surface area contributed by atoms with Crippen LogP contribution in [0.25, 0.3) is 22.3 Å². The third-order valence-corrected chi connectivity index (χ3v) is 3.07. The molecule has 2 N–H and O–H groups in total. The Kier molecular flexibility index (Phi) is 2.72. The van der Waals surface area contributed by atoms with E-state index in [0.717, 1.165) is 0 Å². The van der Waals surface area contributed by atoms with Crippen LogP contribution in [-0.2, 0) is 7.05 Å². The summed E-state index contributed by atoms with van der Waals surface area (Å²) in [5, 5.41) is 15.2. The Bertz CT molecular complexity index is 926. The number of benzene rings is 1. The zero-order valence-electron chi connectivity index (χ0n) is 10.9. The van der Waals surface area contributed by atoms with Crippen LogP contribution in [0.15, 0.2) is 39.8 Å². The zero-order valence-corrected chi connectivity index (χ0v) is 10.9. The summed E-state index contributed by atoms with van der Waals surface area (Å²) in [5.41, 5.74) is 5.19. The predicted molar refractivity (Wildman–Crippen MR) is 75.8 cm³/mol. The molecule has 0 fully saturated rings. The first-order chi connectivity index (χ1) is 9.97. The van der Waals surface area contributed by atoms with E-state index in [1.807, 2.05) is 0 Å². The molecule has 0 saturated heterocycles. The van der Waals surface area contributed by atoms with Crippen molar-refractivity contribution in [2.45, 2.75) is 0 Å². The molecule has 0 radical (unpaired) electrons. The van der Waals surface area contributed by atoms with Crippen molar-refractivity contribution in [1.82, 2.24) is 9.78 Å². The Morgan fingerprint density at radius 1 is 1.43 bits per heavy atom. The van der Waals surface area contributed by atoms with Crippen molar-refractivity contribution < 1.29 is 9.34 Å². The average Bonchev–Trinajstić information content (AvgIpc) is 2.84.